The molecule has 0 aromatic heterocycles. The maximum Gasteiger partial charge on any atom is 0.277 e. The summed E-state index contributed by atoms with van der Waals surface area (Å²) >= 11 is 1.22. The third-order valence-corrected chi connectivity index (χ3v) is 4.42. The van der Waals surface area contributed by atoms with Crippen LogP contribution in [0.1, 0.15) is 22.3 Å². The van der Waals surface area contributed by atoms with E-state index in [0.717, 1.165) is 0 Å². The van der Waals surface area contributed by atoms with E-state index in [1.165, 1.54) is 30.1 Å². The minimum Gasteiger partial charge on any atom is -0.275 e. The monoisotopic (exact) mass is 382 g/mol. The average molecular weight is 382 g/mol. The molecule has 27 heavy (non-hydrogen) atoms. The predicted octanol–water partition coefficient (Wildman–Crippen LogP) is 3.05. The Bertz CT molecular complexity index is 924. The first-order valence-electron chi connectivity index (χ1n) is 8.06. The Morgan fingerprint density at radius 1 is 1.15 bits per heavy atom. The van der Waals surface area contributed by atoms with Gasteiger partial charge in [-0.3, -0.25) is 14.6 Å². The number of hydrazone groups is 1. The number of thioether (sulfide) groups is 1. The molecule has 1 aliphatic heterocycles. The summed E-state index contributed by atoms with van der Waals surface area (Å²) in [6.07, 6.45) is 1.47. The molecule has 0 bridgehead atoms. The van der Waals surface area contributed by atoms with Gasteiger partial charge in [0.25, 0.3) is 5.91 Å². The van der Waals surface area contributed by atoms with Gasteiger partial charge in [-0.05, 0) is 29.8 Å². The number of hydrogen-bond donors (Lipinski definition) is 1. The van der Waals surface area contributed by atoms with E-state index in [2.05, 4.69) is 20.5 Å². The topological polar surface area (TPSA) is 83.2 Å². The maximum atomic E-state index is 12.8. The molecule has 8 heteroatoms. The zero-order chi connectivity index (χ0) is 19.1. The maximum absolute atomic E-state index is 12.8. The second-order valence-corrected chi connectivity index (χ2v) is 6.66. The fraction of sp³-hybridized carbons (Fsp3) is 0.105. The van der Waals surface area contributed by atoms with Crippen LogP contribution in [0.3, 0.4) is 0 Å². The average Bonchev–Trinajstić information content (AvgIpc) is 3.10. The fourth-order valence-corrected chi connectivity index (χ4v) is 3.03. The first-order valence-corrected chi connectivity index (χ1v) is 8.87. The molecule has 0 atom stereocenters. The number of amides is 2. The Hall–Kier alpha value is -3.13. The smallest absolute Gasteiger partial charge is 0.275 e. The second kappa shape index (κ2) is 9.00. The Kier molecular flexibility index (Phi) is 6.22. The van der Waals surface area contributed by atoms with Gasteiger partial charge < -0.3 is 0 Å². The number of nitrogens with one attached hydrogen (secondary N) is 1. The van der Waals surface area contributed by atoms with Gasteiger partial charge in [-0.1, -0.05) is 42.1 Å². The lowest BCUT2D eigenvalue weighted by Gasteiger charge is -1.99. The standard InChI is InChI=1S/C19H15FN4O2S/c20-15-8-6-13(7-9-15)11-22-24-16(25)10-17-21-12-18(27-17)23-19(26)14-4-2-1-3-5-14/h1-9,11H,10,12H2,(H,24,25)/b22-11+,23-18?. The van der Waals surface area contributed by atoms with Crippen LogP contribution in [0.4, 0.5) is 4.39 Å². The number of rotatable bonds is 5. The van der Waals surface area contributed by atoms with Crippen molar-refractivity contribution in [1.82, 2.24) is 5.43 Å². The summed E-state index contributed by atoms with van der Waals surface area (Å²) in [7, 11) is 0. The summed E-state index contributed by atoms with van der Waals surface area (Å²) < 4.78 is 12.8. The van der Waals surface area contributed by atoms with E-state index in [0.29, 0.717) is 21.2 Å². The van der Waals surface area contributed by atoms with E-state index < -0.39 is 0 Å². The van der Waals surface area contributed by atoms with E-state index >= 15 is 0 Å². The van der Waals surface area contributed by atoms with Crippen LogP contribution in [-0.4, -0.2) is 34.7 Å². The molecule has 0 aliphatic carbocycles. The highest BCUT2D eigenvalue weighted by molar-refractivity contribution is 8.27. The molecule has 3 rings (SSSR count). The van der Waals surface area contributed by atoms with Crippen molar-refractivity contribution >= 4 is 39.9 Å². The highest BCUT2D eigenvalue weighted by Gasteiger charge is 2.18. The van der Waals surface area contributed by atoms with Crippen molar-refractivity contribution in [3.05, 3.63) is 71.5 Å². The Balaban J connectivity index is 1.47. The van der Waals surface area contributed by atoms with E-state index in [4.69, 9.17) is 0 Å². The van der Waals surface area contributed by atoms with E-state index in [-0.39, 0.29) is 30.6 Å². The normalized spacial score (nSPS) is 15.1. The lowest BCUT2D eigenvalue weighted by atomic mass is 10.2. The quantitative estimate of drug-likeness (QED) is 0.637. The van der Waals surface area contributed by atoms with Crippen LogP contribution < -0.4 is 5.43 Å². The molecule has 0 unspecified atom stereocenters. The molecule has 0 saturated carbocycles. The number of halogens is 1. The highest BCUT2D eigenvalue weighted by atomic mass is 32.2. The van der Waals surface area contributed by atoms with Gasteiger partial charge in [0, 0.05) is 5.56 Å². The molecule has 1 N–H and O–H groups in total. The van der Waals surface area contributed by atoms with Gasteiger partial charge in [-0.25, -0.2) is 14.8 Å². The van der Waals surface area contributed by atoms with Crippen molar-refractivity contribution in [3.8, 4) is 0 Å². The SMILES string of the molecule is O=C(CC1=NCC(=NC(=O)c2ccccc2)S1)N/N=C/c1ccc(F)cc1. The van der Waals surface area contributed by atoms with Gasteiger partial charge >= 0.3 is 0 Å². The third-order valence-electron chi connectivity index (χ3n) is 3.46. The largest absolute Gasteiger partial charge is 0.277 e. The molecule has 2 aromatic carbocycles. The number of benzene rings is 2. The van der Waals surface area contributed by atoms with Gasteiger partial charge in [0.15, 0.2) is 0 Å². The van der Waals surface area contributed by atoms with Crippen molar-refractivity contribution in [1.29, 1.82) is 0 Å². The second-order valence-electron chi connectivity index (χ2n) is 5.51. The Morgan fingerprint density at radius 2 is 1.89 bits per heavy atom. The molecule has 2 amide bonds. The van der Waals surface area contributed by atoms with Crippen molar-refractivity contribution in [2.75, 3.05) is 6.54 Å². The zero-order valence-corrected chi connectivity index (χ0v) is 14.9. The molecule has 1 heterocycles. The van der Waals surface area contributed by atoms with E-state index in [1.807, 2.05) is 6.07 Å². The minimum absolute atomic E-state index is 0.0456. The van der Waals surface area contributed by atoms with Gasteiger partial charge in [0.1, 0.15) is 10.9 Å². The van der Waals surface area contributed by atoms with Crippen molar-refractivity contribution in [2.24, 2.45) is 15.1 Å². The first-order chi connectivity index (χ1) is 13.1. The number of hydrogen-bond acceptors (Lipinski definition) is 5. The number of carbonyl (C=O) groups is 2. The lowest BCUT2D eigenvalue weighted by molar-refractivity contribution is -0.119. The Labute approximate surface area is 159 Å². The van der Waals surface area contributed by atoms with Crippen molar-refractivity contribution in [2.45, 2.75) is 6.42 Å². The number of carbonyl (C=O) groups excluding carboxylic acids is 2. The first kappa shape index (κ1) is 18.7. The molecule has 6 nitrogen and oxygen atoms in total. The van der Waals surface area contributed by atoms with Gasteiger partial charge in [-0.2, -0.15) is 5.10 Å². The summed E-state index contributed by atoms with van der Waals surface area (Å²) in [5.74, 6) is -1.01. The van der Waals surface area contributed by atoms with E-state index in [9.17, 15) is 14.0 Å². The zero-order valence-electron chi connectivity index (χ0n) is 14.1. The van der Waals surface area contributed by atoms with Crippen LogP contribution in [0.2, 0.25) is 0 Å². The molecule has 136 valence electrons. The minimum atomic E-state index is -0.338. The lowest BCUT2D eigenvalue weighted by Crippen LogP contribution is -2.19. The molecule has 1 aliphatic rings. The van der Waals surface area contributed by atoms with Crippen LogP contribution in [0, 0.1) is 5.82 Å². The molecule has 0 radical (unpaired) electrons. The summed E-state index contributed by atoms with van der Waals surface area (Å²) in [5.41, 5.74) is 3.56. The number of nitrogens with zero attached hydrogens (tertiary/aromatic N) is 3. The summed E-state index contributed by atoms with van der Waals surface area (Å²) in [6, 6.07) is 14.5. The van der Waals surface area contributed by atoms with Gasteiger partial charge in [0.05, 0.1) is 24.2 Å². The predicted molar refractivity (Wildman–Crippen MR) is 105 cm³/mol. The molecule has 0 fully saturated rings. The van der Waals surface area contributed by atoms with Crippen molar-refractivity contribution in [3.63, 3.8) is 0 Å². The molecule has 0 saturated heterocycles. The molecular weight excluding hydrogens is 367 g/mol. The molecule has 0 spiro atoms. The van der Waals surface area contributed by atoms with Crippen molar-refractivity contribution < 1.29 is 14.0 Å². The number of aliphatic imine (C=N–C) groups is 2. The van der Waals surface area contributed by atoms with Gasteiger partial charge in [0.2, 0.25) is 5.91 Å². The van der Waals surface area contributed by atoms with Crippen LogP contribution in [0.25, 0.3) is 0 Å². The van der Waals surface area contributed by atoms with Gasteiger partial charge in [-0.15, -0.1) is 0 Å². The van der Waals surface area contributed by atoms with E-state index in [1.54, 1.807) is 36.4 Å². The summed E-state index contributed by atoms with van der Waals surface area (Å²) in [6.45, 7) is 0.282. The Morgan fingerprint density at radius 3 is 2.63 bits per heavy atom. The molecule has 2 aromatic rings. The van der Waals surface area contributed by atoms with Crippen LogP contribution >= 0.6 is 11.8 Å². The summed E-state index contributed by atoms with van der Waals surface area (Å²) in [4.78, 5) is 32.2. The summed E-state index contributed by atoms with van der Waals surface area (Å²) in [5, 5.41) is 4.95. The van der Waals surface area contributed by atoms with Crippen LogP contribution in [0.15, 0.2) is 69.7 Å². The van der Waals surface area contributed by atoms with Crippen LogP contribution in [0.5, 0.6) is 0 Å². The highest BCUT2D eigenvalue weighted by Crippen LogP contribution is 2.19. The fourth-order valence-electron chi connectivity index (χ4n) is 2.17. The molecular formula is C19H15FN4O2S. The third kappa shape index (κ3) is 5.68. The van der Waals surface area contributed by atoms with Crippen LogP contribution in [-0.2, 0) is 4.79 Å².